The van der Waals surface area contributed by atoms with Gasteiger partial charge >= 0.3 is 0 Å². The molecular weight excluding hydrogens is 193 g/mol. The van der Waals surface area contributed by atoms with E-state index in [2.05, 4.69) is 5.32 Å². The van der Waals surface area contributed by atoms with Gasteiger partial charge in [-0.1, -0.05) is 0 Å². The van der Waals surface area contributed by atoms with Gasteiger partial charge < -0.3 is 10.1 Å². The zero-order valence-electron chi connectivity index (χ0n) is 8.71. The predicted octanol–water partition coefficient (Wildman–Crippen LogP) is 2.81. The van der Waals surface area contributed by atoms with Crippen LogP contribution in [0.3, 0.4) is 0 Å². The molecule has 0 spiro atoms. The van der Waals surface area contributed by atoms with E-state index in [1.165, 1.54) is 12.1 Å². The van der Waals surface area contributed by atoms with Crippen LogP contribution in [0, 0.1) is 5.82 Å². The van der Waals surface area contributed by atoms with E-state index in [0.717, 1.165) is 38.2 Å². The molecule has 1 atom stereocenters. The first kappa shape index (κ1) is 10.4. The first-order valence-electron chi connectivity index (χ1n) is 5.44. The van der Waals surface area contributed by atoms with E-state index in [1.807, 2.05) is 0 Å². The van der Waals surface area contributed by atoms with Crippen molar-refractivity contribution in [3.8, 4) is 0 Å². The summed E-state index contributed by atoms with van der Waals surface area (Å²) >= 11 is 0. The summed E-state index contributed by atoms with van der Waals surface area (Å²) in [6.45, 7) is 1.68. The van der Waals surface area contributed by atoms with Crippen LogP contribution >= 0.6 is 0 Å². The third-order valence-electron chi connectivity index (χ3n) is 2.67. The molecule has 2 nitrogen and oxygen atoms in total. The third-order valence-corrected chi connectivity index (χ3v) is 2.67. The number of ether oxygens (including phenoxy) is 1. The van der Waals surface area contributed by atoms with Crippen LogP contribution in [0.15, 0.2) is 24.3 Å². The lowest BCUT2D eigenvalue weighted by Crippen LogP contribution is -2.19. The lowest BCUT2D eigenvalue weighted by atomic mass is 10.1. The zero-order valence-corrected chi connectivity index (χ0v) is 8.71. The monoisotopic (exact) mass is 209 g/mol. The molecule has 0 aromatic heterocycles. The Morgan fingerprint density at radius 2 is 1.93 bits per heavy atom. The third kappa shape index (κ3) is 3.20. The van der Waals surface area contributed by atoms with Gasteiger partial charge in [-0.15, -0.1) is 0 Å². The highest BCUT2D eigenvalue weighted by atomic mass is 19.1. The highest BCUT2D eigenvalue weighted by Crippen LogP contribution is 2.15. The summed E-state index contributed by atoms with van der Waals surface area (Å²) in [5, 5.41) is 3.40. The quantitative estimate of drug-likeness (QED) is 0.808. The van der Waals surface area contributed by atoms with Gasteiger partial charge in [0, 0.05) is 24.9 Å². The molecule has 1 saturated heterocycles. The van der Waals surface area contributed by atoms with Crippen molar-refractivity contribution in [2.45, 2.75) is 25.3 Å². The maximum atomic E-state index is 12.7. The smallest absolute Gasteiger partial charge is 0.123 e. The van der Waals surface area contributed by atoms with Crippen molar-refractivity contribution < 1.29 is 9.13 Å². The molecule has 0 bridgehead atoms. The van der Waals surface area contributed by atoms with E-state index < -0.39 is 0 Å². The fourth-order valence-electron chi connectivity index (χ4n) is 1.83. The van der Waals surface area contributed by atoms with Crippen LogP contribution in [-0.2, 0) is 4.74 Å². The van der Waals surface area contributed by atoms with E-state index in [-0.39, 0.29) is 5.82 Å². The van der Waals surface area contributed by atoms with Crippen molar-refractivity contribution in [3.05, 3.63) is 30.1 Å². The molecule has 3 heteroatoms. The van der Waals surface area contributed by atoms with Crippen LogP contribution in [0.2, 0.25) is 0 Å². The molecular formula is C12H16FNO. The number of benzene rings is 1. The van der Waals surface area contributed by atoms with Crippen LogP contribution in [0.5, 0.6) is 0 Å². The molecule has 1 N–H and O–H groups in total. The largest absolute Gasteiger partial charge is 0.382 e. The van der Waals surface area contributed by atoms with Crippen molar-refractivity contribution in [1.29, 1.82) is 0 Å². The Balaban J connectivity index is 1.92. The topological polar surface area (TPSA) is 21.3 Å². The number of hydrogen-bond acceptors (Lipinski definition) is 2. The first-order chi connectivity index (χ1) is 7.34. The van der Waals surface area contributed by atoms with E-state index in [4.69, 9.17) is 4.74 Å². The van der Waals surface area contributed by atoms with Gasteiger partial charge in [0.15, 0.2) is 0 Å². The molecule has 0 saturated carbocycles. The second kappa shape index (κ2) is 5.12. The molecule has 1 aliphatic rings. The Morgan fingerprint density at radius 1 is 1.13 bits per heavy atom. The van der Waals surface area contributed by atoms with E-state index >= 15 is 0 Å². The normalized spacial score (nSPS) is 22.1. The molecule has 1 aromatic carbocycles. The highest BCUT2D eigenvalue weighted by molar-refractivity contribution is 5.43. The fourth-order valence-corrected chi connectivity index (χ4v) is 1.83. The molecule has 15 heavy (non-hydrogen) atoms. The van der Waals surface area contributed by atoms with E-state index in [9.17, 15) is 4.39 Å². The average molecular weight is 209 g/mol. The average Bonchev–Trinajstić information content (AvgIpc) is 2.50. The Morgan fingerprint density at radius 3 is 2.73 bits per heavy atom. The van der Waals surface area contributed by atoms with Crippen LogP contribution in [0.25, 0.3) is 0 Å². The zero-order chi connectivity index (χ0) is 10.5. The van der Waals surface area contributed by atoms with Gasteiger partial charge in [0.25, 0.3) is 0 Å². The van der Waals surface area contributed by atoms with Crippen LogP contribution < -0.4 is 5.32 Å². The summed E-state index contributed by atoms with van der Waals surface area (Å²) in [7, 11) is 0. The van der Waals surface area contributed by atoms with Gasteiger partial charge in [0.05, 0.1) is 0 Å². The van der Waals surface area contributed by atoms with Gasteiger partial charge in [-0.2, -0.15) is 0 Å². The molecule has 1 unspecified atom stereocenters. The molecule has 1 aliphatic heterocycles. The number of anilines is 1. The standard InChI is InChI=1S/C12H16FNO/c13-10-3-5-12(6-4-10)14-11-2-1-8-15-9-7-11/h3-6,11,14H,1-2,7-9H2. The molecule has 0 radical (unpaired) electrons. The van der Waals surface area contributed by atoms with Crippen LogP contribution in [0.4, 0.5) is 10.1 Å². The molecule has 1 aromatic rings. The lowest BCUT2D eigenvalue weighted by Gasteiger charge is -2.16. The van der Waals surface area contributed by atoms with Crippen molar-refractivity contribution in [2.24, 2.45) is 0 Å². The van der Waals surface area contributed by atoms with Crippen molar-refractivity contribution in [2.75, 3.05) is 18.5 Å². The van der Waals surface area contributed by atoms with Gasteiger partial charge in [0.2, 0.25) is 0 Å². The molecule has 0 aliphatic carbocycles. The number of nitrogens with one attached hydrogen (secondary N) is 1. The first-order valence-corrected chi connectivity index (χ1v) is 5.44. The Bertz CT molecular complexity index is 291. The molecule has 2 rings (SSSR count). The Hall–Kier alpha value is -1.09. The van der Waals surface area contributed by atoms with Crippen LogP contribution in [-0.4, -0.2) is 19.3 Å². The SMILES string of the molecule is Fc1ccc(NC2CCCOCC2)cc1. The summed E-state index contributed by atoms with van der Waals surface area (Å²) in [6.07, 6.45) is 3.24. The van der Waals surface area contributed by atoms with Crippen LogP contribution in [0.1, 0.15) is 19.3 Å². The van der Waals surface area contributed by atoms with E-state index in [1.54, 1.807) is 12.1 Å². The second-order valence-electron chi connectivity index (χ2n) is 3.89. The van der Waals surface area contributed by atoms with Crippen molar-refractivity contribution in [1.82, 2.24) is 0 Å². The number of hydrogen-bond donors (Lipinski definition) is 1. The summed E-state index contributed by atoms with van der Waals surface area (Å²) in [6, 6.07) is 6.98. The van der Waals surface area contributed by atoms with Gasteiger partial charge in [0.1, 0.15) is 5.82 Å². The Labute approximate surface area is 89.4 Å². The molecule has 82 valence electrons. The van der Waals surface area contributed by atoms with E-state index in [0.29, 0.717) is 6.04 Å². The minimum absolute atomic E-state index is 0.190. The highest BCUT2D eigenvalue weighted by Gasteiger charge is 2.11. The lowest BCUT2D eigenvalue weighted by molar-refractivity contribution is 0.144. The summed E-state index contributed by atoms with van der Waals surface area (Å²) in [5.74, 6) is -0.190. The molecule has 1 fully saturated rings. The minimum atomic E-state index is -0.190. The number of halogens is 1. The second-order valence-corrected chi connectivity index (χ2v) is 3.89. The fraction of sp³-hybridized carbons (Fsp3) is 0.500. The summed E-state index contributed by atoms with van der Waals surface area (Å²) < 4.78 is 18.1. The maximum absolute atomic E-state index is 12.7. The number of rotatable bonds is 2. The van der Waals surface area contributed by atoms with Crippen molar-refractivity contribution >= 4 is 5.69 Å². The molecule has 0 amide bonds. The summed E-state index contributed by atoms with van der Waals surface area (Å²) in [4.78, 5) is 0. The minimum Gasteiger partial charge on any atom is -0.382 e. The van der Waals surface area contributed by atoms with Gasteiger partial charge in [-0.3, -0.25) is 0 Å². The maximum Gasteiger partial charge on any atom is 0.123 e. The van der Waals surface area contributed by atoms with Gasteiger partial charge in [-0.25, -0.2) is 4.39 Å². The summed E-state index contributed by atoms with van der Waals surface area (Å²) in [5.41, 5.74) is 0.989. The van der Waals surface area contributed by atoms with Crippen molar-refractivity contribution in [3.63, 3.8) is 0 Å². The Kier molecular flexibility index (Phi) is 3.56. The predicted molar refractivity (Wildman–Crippen MR) is 58.5 cm³/mol. The molecule has 1 heterocycles. The van der Waals surface area contributed by atoms with Gasteiger partial charge in [-0.05, 0) is 43.5 Å².